The fraction of sp³-hybridized carbons (Fsp3) is 0.231. The number of carbonyl (C=O) groups excluding carboxylic acids is 2. The molecule has 188 valence electrons. The standard InChI is InChI=1S/C26H26FN3O5S/c1-18-16-19(9-14-23(18)29-15-5-8-26(29)32)28-25(31)17-30(24-7-4-3-6-22(24)27)36(33,34)21-12-10-20(35-2)11-13-21/h3-4,6-7,9-14,16H,5,8,15,17H2,1-2H3,(H,28,31). The molecule has 2 amide bonds. The number of sulfonamides is 1. The molecule has 8 nitrogen and oxygen atoms in total. The Morgan fingerprint density at radius 2 is 1.83 bits per heavy atom. The van der Waals surface area contributed by atoms with Gasteiger partial charge >= 0.3 is 0 Å². The first-order valence-electron chi connectivity index (χ1n) is 11.3. The summed E-state index contributed by atoms with van der Waals surface area (Å²) >= 11 is 0. The normalized spacial score (nSPS) is 13.5. The Kier molecular flexibility index (Phi) is 7.25. The van der Waals surface area contributed by atoms with Gasteiger partial charge in [-0.05, 0) is 73.5 Å². The first-order chi connectivity index (χ1) is 17.2. The number of benzene rings is 3. The van der Waals surface area contributed by atoms with E-state index < -0.39 is 28.3 Å². The Hall–Kier alpha value is -3.92. The van der Waals surface area contributed by atoms with E-state index >= 15 is 0 Å². The molecule has 0 atom stereocenters. The Morgan fingerprint density at radius 3 is 2.44 bits per heavy atom. The molecule has 3 aromatic rings. The first-order valence-corrected chi connectivity index (χ1v) is 12.8. The minimum atomic E-state index is -4.29. The van der Waals surface area contributed by atoms with Crippen molar-refractivity contribution in [2.24, 2.45) is 0 Å². The lowest BCUT2D eigenvalue weighted by Gasteiger charge is -2.25. The van der Waals surface area contributed by atoms with Crippen LogP contribution in [0, 0.1) is 12.7 Å². The van der Waals surface area contributed by atoms with Crippen molar-refractivity contribution in [1.82, 2.24) is 0 Å². The van der Waals surface area contributed by atoms with E-state index in [4.69, 9.17) is 4.74 Å². The van der Waals surface area contributed by atoms with Crippen molar-refractivity contribution in [3.05, 3.63) is 78.1 Å². The van der Waals surface area contributed by atoms with Crippen LogP contribution in [0.2, 0.25) is 0 Å². The summed E-state index contributed by atoms with van der Waals surface area (Å²) < 4.78 is 47.4. The van der Waals surface area contributed by atoms with Gasteiger partial charge in [0.25, 0.3) is 10.0 Å². The van der Waals surface area contributed by atoms with Crippen molar-refractivity contribution in [3.63, 3.8) is 0 Å². The quantitative estimate of drug-likeness (QED) is 0.491. The van der Waals surface area contributed by atoms with E-state index in [0.29, 0.717) is 24.4 Å². The minimum Gasteiger partial charge on any atom is -0.497 e. The van der Waals surface area contributed by atoms with Gasteiger partial charge in [0, 0.05) is 24.3 Å². The molecule has 3 aromatic carbocycles. The smallest absolute Gasteiger partial charge is 0.264 e. The highest BCUT2D eigenvalue weighted by atomic mass is 32.2. The van der Waals surface area contributed by atoms with Gasteiger partial charge in [-0.15, -0.1) is 0 Å². The molecular weight excluding hydrogens is 485 g/mol. The number of aryl methyl sites for hydroxylation is 1. The monoisotopic (exact) mass is 511 g/mol. The first kappa shape index (κ1) is 25.2. The van der Waals surface area contributed by atoms with Gasteiger partial charge in [0.05, 0.1) is 17.7 Å². The van der Waals surface area contributed by atoms with Gasteiger partial charge in [0.2, 0.25) is 11.8 Å². The topological polar surface area (TPSA) is 96.0 Å². The number of hydrogen-bond donors (Lipinski definition) is 1. The van der Waals surface area contributed by atoms with Gasteiger partial charge < -0.3 is 15.0 Å². The van der Waals surface area contributed by atoms with E-state index in [0.717, 1.165) is 28.0 Å². The van der Waals surface area contributed by atoms with Gasteiger partial charge in [-0.2, -0.15) is 0 Å². The third-order valence-electron chi connectivity index (χ3n) is 5.90. The molecular formula is C26H26FN3O5S. The van der Waals surface area contributed by atoms with Crippen LogP contribution in [-0.2, 0) is 19.6 Å². The Bertz CT molecular complexity index is 1390. The van der Waals surface area contributed by atoms with E-state index in [1.54, 1.807) is 23.1 Å². The van der Waals surface area contributed by atoms with Crippen molar-refractivity contribution in [2.75, 3.05) is 34.7 Å². The number of anilines is 3. The van der Waals surface area contributed by atoms with E-state index in [1.807, 2.05) is 6.92 Å². The van der Waals surface area contributed by atoms with Crippen LogP contribution >= 0.6 is 0 Å². The third-order valence-corrected chi connectivity index (χ3v) is 7.67. The summed E-state index contributed by atoms with van der Waals surface area (Å²) in [5.41, 5.74) is 1.75. The fourth-order valence-electron chi connectivity index (χ4n) is 4.10. The second-order valence-electron chi connectivity index (χ2n) is 8.34. The average Bonchev–Trinajstić information content (AvgIpc) is 3.28. The maximum Gasteiger partial charge on any atom is 0.264 e. The number of nitrogens with zero attached hydrogens (tertiary/aromatic N) is 2. The number of amides is 2. The average molecular weight is 512 g/mol. The van der Waals surface area contributed by atoms with Crippen LogP contribution in [0.25, 0.3) is 0 Å². The van der Waals surface area contributed by atoms with Gasteiger partial charge in [-0.1, -0.05) is 12.1 Å². The summed E-state index contributed by atoms with van der Waals surface area (Å²) in [5, 5.41) is 2.68. The zero-order valence-electron chi connectivity index (χ0n) is 19.9. The van der Waals surface area contributed by atoms with Crippen LogP contribution in [0.3, 0.4) is 0 Å². The van der Waals surface area contributed by atoms with Crippen LogP contribution in [0.1, 0.15) is 18.4 Å². The number of halogens is 1. The molecule has 0 aromatic heterocycles. The SMILES string of the molecule is COc1ccc(S(=O)(=O)N(CC(=O)Nc2ccc(N3CCCC3=O)c(C)c2)c2ccccc2F)cc1. The van der Waals surface area contributed by atoms with Gasteiger partial charge in [0.1, 0.15) is 18.1 Å². The number of ether oxygens (including phenoxy) is 1. The van der Waals surface area contributed by atoms with Crippen molar-refractivity contribution in [2.45, 2.75) is 24.7 Å². The predicted octanol–water partition coefficient (Wildman–Crippen LogP) is 4.10. The van der Waals surface area contributed by atoms with E-state index in [9.17, 15) is 22.4 Å². The zero-order valence-corrected chi connectivity index (χ0v) is 20.7. The van der Waals surface area contributed by atoms with Crippen LogP contribution < -0.4 is 19.3 Å². The molecule has 36 heavy (non-hydrogen) atoms. The summed E-state index contributed by atoms with van der Waals surface area (Å²) in [7, 11) is -2.83. The van der Waals surface area contributed by atoms with Crippen LogP contribution in [0.15, 0.2) is 71.6 Å². The molecule has 1 heterocycles. The fourth-order valence-corrected chi connectivity index (χ4v) is 5.53. The predicted molar refractivity (Wildman–Crippen MR) is 135 cm³/mol. The molecule has 1 saturated heterocycles. The molecule has 1 N–H and O–H groups in total. The Labute approximate surface area is 209 Å². The van der Waals surface area contributed by atoms with Crippen molar-refractivity contribution < 1.29 is 27.1 Å². The third kappa shape index (κ3) is 5.18. The maximum absolute atomic E-state index is 14.7. The summed E-state index contributed by atoms with van der Waals surface area (Å²) in [6.45, 7) is 1.82. The van der Waals surface area contributed by atoms with Crippen LogP contribution in [-0.4, -0.2) is 40.4 Å². The number of hydrogen-bond acceptors (Lipinski definition) is 5. The van der Waals surface area contributed by atoms with Gasteiger partial charge in [-0.3, -0.25) is 13.9 Å². The second kappa shape index (κ2) is 10.4. The highest BCUT2D eigenvalue weighted by molar-refractivity contribution is 7.92. The van der Waals surface area contributed by atoms with Crippen LogP contribution in [0.4, 0.5) is 21.5 Å². The molecule has 0 spiro atoms. The molecule has 0 unspecified atom stereocenters. The Morgan fingerprint density at radius 1 is 1.11 bits per heavy atom. The van der Waals surface area contributed by atoms with Crippen molar-refractivity contribution >= 4 is 38.9 Å². The molecule has 4 rings (SSSR count). The van der Waals surface area contributed by atoms with E-state index in [-0.39, 0.29) is 16.5 Å². The summed E-state index contributed by atoms with van der Waals surface area (Å²) in [6.07, 6.45) is 1.30. The van der Waals surface area contributed by atoms with Crippen LogP contribution in [0.5, 0.6) is 5.75 Å². The number of para-hydroxylation sites is 1. The molecule has 10 heteroatoms. The summed E-state index contributed by atoms with van der Waals surface area (Å²) in [4.78, 5) is 26.6. The lowest BCUT2D eigenvalue weighted by molar-refractivity contribution is -0.117. The molecule has 0 radical (unpaired) electrons. The molecule has 0 saturated carbocycles. The summed E-state index contributed by atoms with van der Waals surface area (Å²) in [5.74, 6) is -0.921. The van der Waals surface area contributed by atoms with Crippen molar-refractivity contribution in [1.29, 1.82) is 0 Å². The highest BCUT2D eigenvalue weighted by Crippen LogP contribution is 2.29. The van der Waals surface area contributed by atoms with Gasteiger partial charge in [0.15, 0.2) is 0 Å². The largest absolute Gasteiger partial charge is 0.497 e. The van der Waals surface area contributed by atoms with E-state index in [2.05, 4.69) is 5.32 Å². The minimum absolute atomic E-state index is 0.0548. The highest BCUT2D eigenvalue weighted by Gasteiger charge is 2.29. The number of nitrogens with one attached hydrogen (secondary N) is 1. The second-order valence-corrected chi connectivity index (χ2v) is 10.2. The maximum atomic E-state index is 14.7. The number of methoxy groups -OCH3 is 1. The zero-order chi connectivity index (χ0) is 25.9. The number of rotatable bonds is 8. The lowest BCUT2D eigenvalue weighted by Crippen LogP contribution is -2.38. The molecule has 1 aliphatic rings. The molecule has 0 bridgehead atoms. The number of carbonyl (C=O) groups is 2. The Balaban J connectivity index is 1.59. The molecule has 1 fully saturated rings. The van der Waals surface area contributed by atoms with Crippen molar-refractivity contribution in [3.8, 4) is 5.75 Å². The lowest BCUT2D eigenvalue weighted by atomic mass is 10.1. The van der Waals surface area contributed by atoms with Gasteiger partial charge in [-0.25, -0.2) is 12.8 Å². The molecule has 1 aliphatic heterocycles. The van der Waals surface area contributed by atoms with E-state index in [1.165, 1.54) is 49.6 Å². The molecule has 0 aliphatic carbocycles. The summed E-state index contributed by atoms with van der Waals surface area (Å²) in [6, 6.07) is 16.1.